The van der Waals surface area contributed by atoms with Gasteiger partial charge in [-0.3, -0.25) is 4.57 Å². The molecule has 3 rings (SSSR count). The zero-order valence-corrected chi connectivity index (χ0v) is 24.0. The Morgan fingerprint density at radius 1 is 0.882 bits per heavy atom. The summed E-state index contributed by atoms with van der Waals surface area (Å²) in [5.41, 5.74) is 0.337. The van der Waals surface area contributed by atoms with E-state index in [1.165, 1.54) is 0 Å². The summed E-state index contributed by atoms with van der Waals surface area (Å²) in [6, 6.07) is 4.84. The maximum absolute atomic E-state index is 14.7. The molecule has 4 nitrogen and oxygen atoms in total. The van der Waals surface area contributed by atoms with Crippen molar-refractivity contribution in [2.24, 2.45) is 35.5 Å². The van der Waals surface area contributed by atoms with Gasteiger partial charge in [0.2, 0.25) is 0 Å². The number of hydrogen-bond donors (Lipinski definition) is 1. The van der Waals surface area contributed by atoms with Crippen molar-refractivity contribution in [1.82, 2.24) is 0 Å². The van der Waals surface area contributed by atoms with E-state index < -0.39 is 13.4 Å². The number of aliphatic hydroxyl groups excluding tert-OH is 1. The molecule has 0 unspecified atom stereocenters. The summed E-state index contributed by atoms with van der Waals surface area (Å²) in [7, 11) is -3.99. The fourth-order valence-corrected chi connectivity index (χ4v) is 8.54. The Bertz CT molecular complexity index is 823. The summed E-state index contributed by atoms with van der Waals surface area (Å²) in [5, 5.41) is 12.2. The lowest BCUT2D eigenvalue weighted by molar-refractivity contribution is -0.0153. The third-order valence-corrected chi connectivity index (χ3v) is 10.6. The summed E-state index contributed by atoms with van der Waals surface area (Å²) >= 11 is 12.5. The molecule has 34 heavy (non-hydrogen) atoms. The molecular formula is C27H43Cl2O4P. The van der Waals surface area contributed by atoms with Crippen LogP contribution in [0.4, 0.5) is 0 Å². The average molecular weight is 534 g/mol. The molecule has 0 radical (unpaired) electrons. The van der Waals surface area contributed by atoms with Crippen LogP contribution in [0.1, 0.15) is 91.5 Å². The van der Waals surface area contributed by atoms with Crippen molar-refractivity contribution in [3.8, 4) is 0 Å². The highest BCUT2D eigenvalue weighted by Crippen LogP contribution is 2.65. The Hall–Kier alpha value is -0.0900. The van der Waals surface area contributed by atoms with Crippen LogP contribution in [-0.4, -0.2) is 17.3 Å². The van der Waals surface area contributed by atoms with Gasteiger partial charge in [-0.05, 0) is 73.3 Å². The molecule has 7 atom stereocenters. The lowest BCUT2D eigenvalue weighted by Crippen LogP contribution is -2.37. The zero-order valence-electron chi connectivity index (χ0n) is 21.5. The van der Waals surface area contributed by atoms with Crippen LogP contribution in [0.2, 0.25) is 10.0 Å². The van der Waals surface area contributed by atoms with Gasteiger partial charge in [-0.15, -0.1) is 0 Å². The van der Waals surface area contributed by atoms with Crippen molar-refractivity contribution < 1.29 is 18.7 Å². The molecule has 2 aliphatic carbocycles. The number of hydrogen-bond acceptors (Lipinski definition) is 4. The minimum atomic E-state index is -3.99. The van der Waals surface area contributed by atoms with Gasteiger partial charge in [0.1, 0.15) is 0 Å². The fourth-order valence-electron chi connectivity index (χ4n) is 5.87. The van der Waals surface area contributed by atoms with E-state index >= 15 is 0 Å². The number of rotatable bonds is 8. The molecule has 2 aliphatic rings. The first-order chi connectivity index (χ1) is 15.9. The molecule has 0 spiro atoms. The van der Waals surface area contributed by atoms with E-state index in [1.807, 2.05) is 0 Å². The largest absolute Gasteiger partial charge is 0.376 e. The molecular weight excluding hydrogens is 490 g/mol. The van der Waals surface area contributed by atoms with E-state index in [0.29, 0.717) is 34.3 Å². The van der Waals surface area contributed by atoms with E-state index in [1.54, 1.807) is 18.2 Å². The minimum absolute atomic E-state index is 0.228. The summed E-state index contributed by atoms with van der Waals surface area (Å²) < 4.78 is 27.6. The fraction of sp³-hybridized carbons (Fsp3) is 0.778. The van der Waals surface area contributed by atoms with Gasteiger partial charge in [0.25, 0.3) is 0 Å². The van der Waals surface area contributed by atoms with Crippen molar-refractivity contribution >= 4 is 30.8 Å². The smallest absolute Gasteiger partial charge is 0.364 e. The summed E-state index contributed by atoms with van der Waals surface area (Å²) in [5.74, 6) is 0.804. The first kappa shape index (κ1) is 28.5. The first-order valence-corrected chi connectivity index (χ1v) is 15.4. The molecule has 1 aromatic carbocycles. The number of halogens is 2. The van der Waals surface area contributed by atoms with Gasteiger partial charge in [0, 0.05) is 15.6 Å². The van der Waals surface area contributed by atoms with E-state index in [2.05, 4.69) is 41.5 Å². The predicted molar refractivity (Wildman–Crippen MR) is 141 cm³/mol. The molecule has 194 valence electrons. The van der Waals surface area contributed by atoms with Crippen molar-refractivity contribution in [2.75, 3.05) is 0 Å². The average Bonchev–Trinajstić information content (AvgIpc) is 2.73. The van der Waals surface area contributed by atoms with Crippen LogP contribution >= 0.6 is 30.8 Å². The van der Waals surface area contributed by atoms with E-state index in [-0.39, 0.29) is 29.1 Å². The van der Waals surface area contributed by atoms with Crippen LogP contribution in [-0.2, 0) is 13.6 Å². The van der Waals surface area contributed by atoms with Crippen LogP contribution < -0.4 is 0 Å². The van der Waals surface area contributed by atoms with Gasteiger partial charge in [0.15, 0.2) is 5.85 Å². The maximum atomic E-state index is 14.7. The van der Waals surface area contributed by atoms with Gasteiger partial charge >= 0.3 is 7.60 Å². The van der Waals surface area contributed by atoms with Crippen molar-refractivity contribution in [1.29, 1.82) is 0 Å². The molecule has 2 fully saturated rings. The second kappa shape index (κ2) is 12.0. The zero-order chi connectivity index (χ0) is 25.2. The van der Waals surface area contributed by atoms with Crippen molar-refractivity contribution in [2.45, 2.75) is 98.1 Å². The minimum Gasteiger partial charge on any atom is -0.376 e. The second-order valence-electron chi connectivity index (χ2n) is 11.5. The van der Waals surface area contributed by atoms with Gasteiger partial charge in [0.05, 0.1) is 12.2 Å². The number of aliphatic hydroxyl groups is 1. The summed E-state index contributed by atoms with van der Waals surface area (Å²) in [6.07, 6.45) is 5.48. The van der Waals surface area contributed by atoms with Crippen LogP contribution in [0, 0.1) is 35.5 Å². The lowest BCUT2D eigenvalue weighted by Gasteiger charge is -2.42. The highest BCUT2D eigenvalue weighted by atomic mass is 35.5. The topological polar surface area (TPSA) is 55.8 Å². The summed E-state index contributed by atoms with van der Waals surface area (Å²) in [6.45, 7) is 13.2. The highest BCUT2D eigenvalue weighted by molar-refractivity contribution is 7.54. The van der Waals surface area contributed by atoms with Gasteiger partial charge in [-0.25, -0.2) is 0 Å². The molecule has 0 amide bonds. The monoisotopic (exact) mass is 532 g/mol. The Balaban J connectivity index is 1.98. The van der Waals surface area contributed by atoms with Crippen LogP contribution in [0.25, 0.3) is 0 Å². The maximum Gasteiger partial charge on any atom is 0.364 e. The van der Waals surface area contributed by atoms with E-state index in [9.17, 15) is 9.67 Å². The van der Waals surface area contributed by atoms with Gasteiger partial charge in [-0.1, -0.05) is 83.7 Å². The Labute approximate surface area is 216 Å². The van der Waals surface area contributed by atoms with Crippen LogP contribution in [0.3, 0.4) is 0 Å². The molecule has 0 bridgehead atoms. The molecule has 0 aliphatic heterocycles. The van der Waals surface area contributed by atoms with Gasteiger partial charge in [-0.2, -0.15) is 0 Å². The van der Waals surface area contributed by atoms with Crippen molar-refractivity contribution in [3.63, 3.8) is 0 Å². The molecule has 7 heteroatoms. The SMILES string of the molecule is CC(C)[C@H]1CC[C@H](C)C[C@H]1OP(=O)(O[C@@H]1C[C@@H](C)CC[C@@H]1C(C)C)[C@H](O)c1ccc(Cl)cc1Cl. The van der Waals surface area contributed by atoms with E-state index in [4.69, 9.17) is 32.2 Å². The normalized spacial score (nSPS) is 31.7. The molecule has 0 heterocycles. The Morgan fingerprint density at radius 3 is 1.76 bits per heavy atom. The van der Waals surface area contributed by atoms with Crippen LogP contribution in [0.15, 0.2) is 18.2 Å². The Morgan fingerprint density at radius 2 is 1.35 bits per heavy atom. The lowest BCUT2D eigenvalue weighted by atomic mass is 9.75. The van der Waals surface area contributed by atoms with Gasteiger partial charge < -0.3 is 14.2 Å². The molecule has 1 aromatic rings. The quantitative estimate of drug-likeness (QED) is 0.339. The Kier molecular flexibility index (Phi) is 10.0. The summed E-state index contributed by atoms with van der Waals surface area (Å²) in [4.78, 5) is 0. The standard InChI is InChI=1S/C27H43Cl2O4P/c1-16(2)21-10-7-18(5)13-25(21)32-34(31,27(30)23-12-9-20(28)15-24(23)29)33-26-14-19(6)8-11-22(26)17(3)4/h9,12,15-19,21-22,25-27,30H,7-8,10-11,13-14H2,1-6H3/t18-,19-,21+,22+,25+,26+,27-/m0/s1. The predicted octanol–water partition coefficient (Wildman–Crippen LogP) is 9.13. The van der Waals surface area contributed by atoms with Crippen LogP contribution in [0.5, 0.6) is 0 Å². The molecule has 0 saturated heterocycles. The van der Waals surface area contributed by atoms with Crippen molar-refractivity contribution in [3.05, 3.63) is 33.8 Å². The molecule has 0 aromatic heterocycles. The van der Waals surface area contributed by atoms with E-state index in [0.717, 1.165) is 38.5 Å². The third-order valence-electron chi connectivity index (χ3n) is 8.03. The molecule has 2 saturated carbocycles. The second-order valence-corrected chi connectivity index (χ2v) is 14.4. The highest BCUT2D eigenvalue weighted by Gasteiger charge is 2.46. The first-order valence-electron chi connectivity index (χ1n) is 13.0. The number of benzene rings is 1. The molecule has 1 N–H and O–H groups in total. The third kappa shape index (κ3) is 6.81.